The summed E-state index contributed by atoms with van der Waals surface area (Å²) in [6, 6.07) is 9.62. The van der Waals surface area contributed by atoms with Gasteiger partial charge < -0.3 is 4.90 Å². The number of hydrogen-bond acceptors (Lipinski definition) is 6. The Kier molecular flexibility index (Phi) is 5.82. The molecule has 1 aliphatic heterocycles. The van der Waals surface area contributed by atoms with Crippen LogP contribution in [0.15, 0.2) is 41.3 Å². The molecule has 0 radical (unpaired) electrons. The van der Waals surface area contributed by atoms with Crippen molar-refractivity contribution in [2.45, 2.75) is 24.7 Å². The van der Waals surface area contributed by atoms with Crippen molar-refractivity contribution >= 4 is 32.3 Å². The maximum atomic E-state index is 12.8. The van der Waals surface area contributed by atoms with E-state index in [4.69, 9.17) is 0 Å². The van der Waals surface area contributed by atoms with Gasteiger partial charge in [0, 0.05) is 32.2 Å². The van der Waals surface area contributed by atoms with Gasteiger partial charge in [-0.25, -0.2) is 8.42 Å². The van der Waals surface area contributed by atoms with Gasteiger partial charge >= 0.3 is 5.00 Å². The first kappa shape index (κ1) is 20.4. The van der Waals surface area contributed by atoms with E-state index in [0.717, 1.165) is 16.9 Å². The lowest BCUT2D eigenvalue weighted by atomic mass is 10.0. The second kappa shape index (κ2) is 7.98. The number of thiophene rings is 1. The van der Waals surface area contributed by atoms with Gasteiger partial charge in [0.15, 0.2) is 0 Å². The first-order valence-electron chi connectivity index (χ1n) is 8.84. The van der Waals surface area contributed by atoms with Crippen molar-refractivity contribution in [1.29, 1.82) is 0 Å². The van der Waals surface area contributed by atoms with E-state index in [1.165, 1.54) is 21.3 Å². The van der Waals surface area contributed by atoms with Crippen molar-refractivity contribution in [1.82, 2.24) is 9.21 Å². The average Bonchev–Trinajstić information content (AvgIpc) is 3.18. The zero-order valence-corrected chi connectivity index (χ0v) is 17.2. The van der Waals surface area contributed by atoms with Crippen LogP contribution in [0.2, 0.25) is 0 Å². The van der Waals surface area contributed by atoms with Crippen LogP contribution in [0.1, 0.15) is 35.0 Å². The van der Waals surface area contributed by atoms with E-state index in [1.807, 2.05) is 26.0 Å². The van der Waals surface area contributed by atoms with Gasteiger partial charge in [0.25, 0.3) is 5.91 Å². The van der Waals surface area contributed by atoms with Crippen LogP contribution in [-0.2, 0) is 10.0 Å². The molecule has 0 atom stereocenters. The molecule has 3 rings (SSSR count). The molecule has 1 aromatic heterocycles. The molecule has 0 bridgehead atoms. The molecule has 1 saturated heterocycles. The minimum Gasteiger partial charge on any atom is -0.335 e. The molecule has 0 N–H and O–H groups in total. The second-order valence-corrected chi connectivity index (χ2v) is 9.82. The molecule has 0 unspecified atom stereocenters. The SMILES string of the molecule is CC(C)c1ccc(S(=O)(=O)N2CCN(C(=O)c3ccc([N+](=O)[O-])s3)CC2)cc1. The molecule has 0 spiro atoms. The number of carbonyl (C=O) groups is 1. The maximum absolute atomic E-state index is 12.8. The highest BCUT2D eigenvalue weighted by Crippen LogP contribution is 2.26. The molecule has 1 aromatic carbocycles. The largest absolute Gasteiger partial charge is 0.335 e. The van der Waals surface area contributed by atoms with Gasteiger partial charge in [-0.05, 0) is 29.7 Å². The van der Waals surface area contributed by atoms with Crippen molar-refractivity contribution in [3.8, 4) is 0 Å². The van der Waals surface area contributed by atoms with Crippen LogP contribution in [0.25, 0.3) is 0 Å². The van der Waals surface area contributed by atoms with Gasteiger partial charge in [-0.3, -0.25) is 14.9 Å². The van der Waals surface area contributed by atoms with E-state index < -0.39 is 14.9 Å². The van der Waals surface area contributed by atoms with Crippen LogP contribution >= 0.6 is 11.3 Å². The first-order valence-corrected chi connectivity index (χ1v) is 11.1. The molecular weight excluding hydrogens is 402 g/mol. The number of piperazine rings is 1. The lowest BCUT2D eigenvalue weighted by molar-refractivity contribution is -0.380. The summed E-state index contributed by atoms with van der Waals surface area (Å²) in [4.78, 5) is 24.8. The van der Waals surface area contributed by atoms with E-state index in [0.29, 0.717) is 5.92 Å². The van der Waals surface area contributed by atoms with Crippen molar-refractivity contribution in [2.75, 3.05) is 26.2 Å². The van der Waals surface area contributed by atoms with Crippen molar-refractivity contribution in [3.05, 3.63) is 57.0 Å². The molecule has 0 aliphatic carbocycles. The Hall–Kier alpha value is -2.30. The average molecular weight is 424 g/mol. The van der Waals surface area contributed by atoms with Crippen molar-refractivity contribution < 1.29 is 18.1 Å². The zero-order valence-electron chi connectivity index (χ0n) is 15.6. The van der Waals surface area contributed by atoms with E-state index in [2.05, 4.69) is 0 Å². The van der Waals surface area contributed by atoms with Crippen molar-refractivity contribution in [2.24, 2.45) is 0 Å². The maximum Gasteiger partial charge on any atom is 0.324 e. The molecular formula is C18H21N3O5S2. The number of hydrogen-bond donors (Lipinski definition) is 0. The Morgan fingerprint density at radius 2 is 1.68 bits per heavy atom. The predicted octanol–water partition coefficient (Wildman–Crippen LogP) is 2.93. The number of rotatable bonds is 5. The fourth-order valence-corrected chi connectivity index (χ4v) is 5.21. The van der Waals surface area contributed by atoms with E-state index in [9.17, 15) is 23.3 Å². The Balaban J connectivity index is 1.66. The summed E-state index contributed by atoms with van der Waals surface area (Å²) in [5.41, 5.74) is 1.07. The first-order chi connectivity index (χ1) is 13.2. The summed E-state index contributed by atoms with van der Waals surface area (Å²) in [5, 5.41) is 10.7. The monoisotopic (exact) mass is 423 g/mol. The van der Waals surface area contributed by atoms with E-state index in [1.54, 1.807) is 12.1 Å². The minimum atomic E-state index is -3.62. The molecule has 150 valence electrons. The van der Waals surface area contributed by atoms with Gasteiger partial charge in [-0.15, -0.1) is 0 Å². The summed E-state index contributed by atoms with van der Waals surface area (Å²) in [6.45, 7) is 4.95. The lowest BCUT2D eigenvalue weighted by Crippen LogP contribution is -2.50. The molecule has 2 heterocycles. The molecule has 8 nitrogen and oxygen atoms in total. The normalized spacial score (nSPS) is 15.8. The van der Waals surface area contributed by atoms with Gasteiger partial charge in [-0.2, -0.15) is 4.31 Å². The summed E-state index contributed by atoms with van der Waals surface area (Å²) >= 11 is 0.827. The van der Waals surface area contributed by atoms with Crippen LogP contribution in [0.3, 0.4) is 0 Å². The standard InChI is InChI=1S/C18H21N3O5S2/c1-13(2)14-3-5-15(6-4-14)28(25,26)20-11-9-19(10-12-20)18(22)16-7-8-17(27-16)21(23)24/h3-8,13H,9-12H2,1-2H3. The topological polar surface area (TPSA) is 101 Å². The number of sulfonamides is 1. The van der Waals surface area contributed by atoms with Gasteiger partial charge in [-0.1, -0.05) is 37.3 Å². The predicted molar refractivity (Wildman–Crippen MR) is 106 cm³/mol. The molecule has 10 heteroatoms. The van der Waals surface area contributed by atoms with Gasteiger partial charge in [0.05, 0.1) is 14.7 Å². The third kappa shape index (κ3) is 4.08. The van der Waals surface area contributed by atoms with Crippen LogP contribution in [0.4, 0.5) is 5.00 Å². The van der Waals surface area contributed by atoms with Gasteiger partial charge in [0.1, 0.15) is 0 Å². The third-order valence-corrected chi connectivity index (χ3v) is 7.63. The molecule has 0 saturated carbocycles. The molecule has 28 heavy (non-hydrogen) atoms. The quantitative estimate of drug-likeness (QED) is 0.544. The van der Waals surface area contributed by atoms with Crippen LogP contribution in [0, 0.1) is 10.1 Å². The Morgan fingerprint density at radius 3 is 2.18 bits per heavy atom. The van der Waals surface area contributed by atoms with E-state index in [-0.39, 0.29) is 46.9 Å². The minimum absolute atomic E-state index is 0.0885. The molecule has 1 fully saturated rings. The molecule has 2 aromatic rings. The Morgan fingerprint density at radius 1 is 1.07 bits per heavy atom. The van der Waals surface area contributed by atoms with Crippen LogP contribution < -0.4 is 0 Å². The zero-order chi connectivity index (χ0) is 20.5. The fourth-order valence-electron chi connectivity index (χ4n) is 3.00. The lowest BCUT2D eigenvalue weighted by Gasteiger charge is -2.33. The summed E-state index contributed by atoms with van der Waals surface area (Å²) in [6.07, 6.45) is 0. The third-order valence-electron chi connectivity index (χ3n) is 4.69. The number of carbonyl (C=O) groups excluding carboxylic acids is 1. The highest BCUT2D eigenvalue weighted by Gasteiger charge is 2.31. The summed E-state index contributed by atoms with van der Waals surface area (Å²) in [7, 11) is -3.62. The summed E-state index contributed by atoms with van der Waals surface area (Å²) < 4.78 is 27.1. The smallest absolute Gasteiger partial charge is 0.324 e. The Labute approximate surface area is 167 Å². The number of nitro groups is 1. The fraction of sp³-hybridized carbons (Fsp3) is 0.389. The highest BCUT2D eigenvalue weighted by atomic mass is 32.2. The second-order valence-electron chi connectivity index (χ2n) is 6.82. The number of benzene rings is 1. The molecule has 1 amide bonds. The number of nitrogens with zero attached hydrogens (tertiary/aromatic N) is 3. The number of amides is 1. The van der Waals surface area contributed by atoms with Crippen molar-refractivity contribution in [3.63, 3.8) is 0 Å². The summed E-state index contributed by atoms with van der Waals surface area (Å²) in [5.74, 6) is 0.0100. The highest BCUT2D eigenvalue weighted by molar-refractivity contribution is 7.89. The Bertz CT molecular complexity index is 975. The van der Waals surface area contributed by atoms with E-state index >= 15 is 0 Å². The van der Waals surface area contributed by atoms with Gasteiger partial charge in [0.2, 0.25) is 10.0 Å². The molecule has 1 aliphatic rings. The van der Waals surface area contributed by atoms with Crippen LogP contribution in [-0.4, -0.2) is 54.6 Å². The van der Waals surface area contributed by atoms with Crippen LogP contribution in [0.5, 0.6) is 0 Å².